The summed E-state index contributed by atoms with van der Waals surface area (Å²) in [6, 6.07) is 9.54. The lowest BCUT2D eigenvalue weighted by atomic mass is 10.2. The van der Waals surface area contributed by atoms with Gasteiger partial charge in [0.25, 0.3) is 0 Å². The summed E-state index contributed by atoms with van der Waals surface area (Å²) in [4.78, 5) is 12.0. The number of hydrogen-bond acceptors (Lipinski definition) is 3. The van der Waals surface area contributed by atoms with E-state index in [2.05, 4.69) is 0 Å². The summed E-state index contributed by atoms with van der Waals surface area (Å²) in [5, 5.41) is 0. The number of nitrogens with two attached hydrogens (primary N) is 1. The molecule has 0 atom stereocenters. The Kier molecular flexibility index (Phi) is 3.90. The van der Waals surface area contributed by atoms with Gasteiger partial charge in [-0.1, -0.05) is 29.8 Å². The monoisotopic (exact) mass is 258 g/mol. The minimum atomic E-state index is -0.348. The van der Waals surface area contributed by atoms with Gasteiger partial charge in [-0.05, 0) is 25.5 Å². The molecule has 0 aliphatic heterocycles. The Labute approximate surface area is 112 Å². The molecule has 19 heavy (non-hydrogen) atoms. The van der Waals surface area contributed by atoms with Gasteiger partial charge in [0.05, 0.1) is 5.69 Å². The molecule has 0 bridgehead atoms. The van der Waals surface area contributed by atoms with Crippen LogP contribution >= 0.6 is 0 Å². The Morgan fingerprint density at radius 3 is 2.63 bits per heavy atom. The van der Waals surface area contributed by atoms with Crippen LogP contribution in [0.1, 0.15) is 28.5 Å². The summed E-state index contributed by atoms with van der Waals surface area (Å²) in [5.74, 6) is -0.348. The molecule has 0 spiro atoms. The van der Waals surface area contributed by atoms with E-state index in [1.807, 2.05) is 38.1 Å². The van der Waals surface area contributed by atoms with E-state index in [0.717, 1.165) is 5.56 Å². The van der Waals surface area contributed by atoms with Crippen LogP contribution in [-0.4, -0.2) is 10.5 Å². The molecule has 0 aliphatic rings. The number of hydrogen-bond donors (Lipinski definition) is 1. The van der Waals surface area contributed by atoms with Crippen LogP contribution in [0.15, 0.2) is 36.5 Å². The van der Waals surface area contributed by atoms with Crippen molar-refractivity contribution in [2.75, 3.05) is 5.73 Å². The zero-order valence-electron chi connectivity index (χ0n) is 11.2. The molecule has 0 aliphatic carbocycles. The van der Waals surface area contributed by atoms with Crippen LogP contribution in [0.5, 0.6) is 0 Å². The molecule has 0 unspecified atom stereocenters. The Morgan fingerprint density at radius 2 is 2.00 bits per heavy atom. The van der Waals surface area contributed by atoms with Crippen molar-refractivity contribution in [1.29, 1.82) is 0 Å². The molecule has 2 N–H and O–H groups in total. The van der Waals surface area contributed by atoms with E-state index >= 15 is 0 Å². The molecule has 0 amide bonds. The lowest BCUT2D eigenvalue weighted by Gasteiger charge is -2.07. The van der Waals surface area contributed by atoms with Gasteiger partial charge >= 0.3 is 5.97 Å². The first-order chi connectivity index (χ1) is 9.10. The summed E-state index contributed by atoms with van der Waals surface area (Å²) in [6.07, 6.45) is 1.74. The number of rotatable bonds is 4. The predicted molar refractivity (Wildman–Crippen MR) is 74.8 cm³/mol. The second-order valence-electron chi connectivity index (χ2n) is 4.51. The van der Waals surface area contributed by atoms with Crippen molar-refractivity contribution in [3.63, 3.8) is 0 Å². The van der Waals surface area contributed by atoms with Crippen molar-refractivity contribution >= 4 is 11.7 Å². The van der Waals surface area contributed by atoms with Gasteiger partial charge in [0.15, 0.2) is 0 Å². The van der Waals surface area contributed by atoms with Gasteiger partial charge < -0.3 is 15.0 Å². The van der Waals surface area contributed by atoms with Crippen LogP contribution in [-0.2, 0) is 17.9 Å². The Hall–Kier alpha value is -2.23. The van der Waals surface area contributed by atoms with E-state index < -0.39 is 0 Å². The minimum absolute atomic E-state index is 0.272. The van der Waals surface area contributed by atoms with E-state index in [0.29, 0.717) is 17.9 Å². The lowest BCUT2D eigenvalue weighted by Crippen LogP contribution is -2.11. The van der Waals surface area contributed by atoms with Gasteiger partial charge in [-0.25, -0.2) is 4.79 Å². The first kappa shape index (κ1) is 13.2. The van der Waals surface area contributed by atoms with Crippen molar-refractivity contribution in [1.82, 2.24) is 4.57 Å². The second-order valence-corrected chi connectivity index (χ2v) is 4.51. The second kappa shape index (κ2) is 5.61. The fourth-order valence-electron chi connectivity index (χ4n) is 1.87. The summed E-state index contributed by atoms with van der Waals surface area (Å²) >= 11 is 0. The molecule has 2 rings (SSSR count). The van der Waals surface area contributed by atoms with Gasteiger partial charge in [-0.2, -0.15) is 0 Å². The van der Waals surface area contributed by atoms with Gasteiger partial charge in [0.1, 0.15) is 12.3 Å². The van der Waals surface area contributed by atoms with E-state index in [-0.39, 0.29) is 12.6 Å². The van der Waals surface area contributed by atoms with Crippen molar-refractivity contribution < 1.29 is 9.53 Å². The molecule has 4 heteroatoms. The number of esters is 1. The predicted octanol–water partition coefficient (Wildman–Crippen LogP) is 2.76. The molecule has 4 nitrogen and oxygen atoms in total. The topological polar surface area (TPSA) is 57.2 Å². The van der Waals surface area contributed by atoms with Crippen LogP contribution in [0, 0.1) is 6.92 Å². The first-order valence-corrected chi connectivity index (χ1v) is 6.28. The fourth-order valence-corrected chi connectivity index (χ4v) is 1.87. The minimum Gasteiger partial charge on any atom is -0.456 e. The average molecular weight is 258 g/mol. The Balaban J connectivity index is 2.03. The first-order valence-electron chi connectivity index (χ1n) is 6.28. The van der Waals surface area contributed by atoms with E-state index in [9.17, 15) is 4.79 Å². The molecule has 1 aromatic heterocycles. The quantitative estimate of drug-likeness (QED) is 0.858. The molecule has 100 valence electrons. The highest BCUT2D eigenvalue weighted by Gasteiger charge is 2.13. The number of ether oxygens (including phenoxy) is 1. The SMILES string of the molecule is CCn1cc(N)cc1C(=O)OCc1ccc(C)cc1. The molecule has 0 saturated heterocycles. The van der Waals surface area contributed by atoms with E-state index in [1.165, 1.54) is 5.56 Å². The summed E-state index contributed by atoms with van der Waals surface area (Å²) in [6.45, 7) is 4.93. The smallest absolute Gasteiger partial charge is 0.355 e. The van der Waals surface area contributed by atoms with Crippen LogP contribution in [0.3, 0.4) is 0 Å². The largest absolute Gasteiger partial charge is 0.456 e. The van der Waals surface area contributed by atoms with Crippen LogP contribution in [0.2, 0.25) is 0 Å². The number of carbonyl (C=O) groups is 1. The molecule has 0 radical (unpaired) electrons. The Morgan fingerprint density at radius 1 is 1.32 bits per heavy atom. The maximum atomic E-state index is 12.0. The van der Waals surface area contributed by atoms with Gasteiger partial charge in [0, 0.05) is 12.7 Å². The molecular weight excluding hydrogens is 240 g/mol. The highest BCUT2D eigenvalue weighted by Crippen LogP contribution is 2.13. The van der Waals surface area contributed by atoms with Crippen LogP contribution in [0.4, 0.5) is 5.69 Å². The van der Waals surface area contributed by atoms with Crippen molar-refractivity contribution in [2.45, 2.75) is 27.0 Å². The van der Waals surface area contributed by atoms with Gasteiger partial charge in [-0.15, -0.1) is 0 Å². The van der Waals surface area contributed by atoms with Crippen molar-refractivity contribution in [3.8, 4) is 0 Å². The maximum absolute atomic E-state index is 12.0. The van der Waals surface area contributed by atoms with Gasteiger partial charge in [-0.3, -0.25) is 0 Å². The zero-order chi connectivity index (χ0) is 13.8. The number of nitrogens with zero attached hydrogens (tertiary/aromatic N) is 1. The molecule has 0 fully saturated rings. The highest BCUT2D eigenvalue weighted by atomic mass is 16.5. The van der Waals surface area contributed by atoms with E-state index in [4.69, 9.17) is 10.5 Å². The average Bonchev–Trinajstić information content (AvgIpc) is 2.79. The number of carbonyl (C=O) groups excluding carboxylic acids is 1. The number of benzene rings is 1. The summed E-state index contributed by atoms with van der Waals surface area (Å²) in [7, 11) is 0. The van der Waals surface area contributed by atoms with Crippen LogP contribution < -0.4 is 5.73 Å². The molecular formula is C15H18N2O2. The van der Waals surface area contributed by atoms with Gasteiger partial charge in [0.2, 0.25) is 0 Å². The third kappa shape index (κ3) is 3.16. The standard InChI is InChI=1S/C15H18N2O2/c1-3-17-9-13(16)8-14(17)15(18)19-10-12-6-4-11(2)5-7-12/h4-9H,3,10,16H2,1-2H3. The normalized spacial score (nSPS) is 10.4. The molecule has 0 saturated carbocycles. The third-order valence-corrected chi connectivity index (χ3v) is 2.96. The Bertz CT molecular complexity index is 570. The molecule has 2 aromatic rings. The number of aryl methyl sites for hydroxylation is 2. The fraction of sp³-hybridized carbons (Fsp3) is 0.267. The lowest BCUT2D eigenvalue weighted by molar-refractivity contribution is 0.0460. The number of aromatic nitrogens is 1. The van der Waals surface area contributed by atoms with Crippen LogP contribution in [0.25, 0.3) is 0 Å². The highest BCUT2D eigenvalue weighted by molar-refractivity contribution is 5.89. The third-order valence-electron chi connectivity index (χ3n) is 2.96. The van der Waals surface area contributed by atoms with E-state index in [1.54, 1.807) is 16.8 Å². The molecule has 1 heterocycles. The number of anilines is 1. The zero-order valence-corrected chi connectivity index (χ0v) is 11.2. The summed E-state index contributed by atoms with van der Waals surface area (Å²) in [5.41, 5.74) is 8.91. The van der Waals surface area contributed by atoms with Crippen molar-refractivity contribution in [3.05, 3.63) is 53.3 Å². The van der Waals surface area contributed by atoms with Crippen molar-refractivity contribution in [2.24, 2.45) is 0 Å². The number of nitrogen functional groups attached to an aromatic ring is 1. The summed E-state index contributed by atoms with van der Waals surface area (Å²) < 4.78 is 7.08. The maximum Gasteiger partial charge on any atom is 0.355 e. The molecule has 1 aromatic carbocycles.